The van der Waals surface area contributed by atoms with Gasteiger partial charge in [-0.1, -0.05) is 84.9 Å². The first-order valence-electron chi connectivity index (χ1n) is 7.46. The van der Waals surface area contributed by atoms with Crippen LogP contribution in [0.3, 0.4) is 0 Å². The zero-order valence-electron chi connectivity index (χ0n) is 12.6. The molecule has 108 valence electrons. The van der Waals surface area contributed by atoms with Crippen LogP contribution in [-0.4, -0.2) is 5.78 Å². The lowest BCUT2D eigenvalue weighted by Crippen LogP contribution is -2.03. The van der Waals surface area contributed by atoms with Crippen LogP contribution >= 0.6 is 0 Å². The fraction of sp³-hybridized carbons (Fsp3) is 0.0952. The second-order valence-electron chi connectivity index (χ2n) is 5.43. The maximum atomic E-state index is 11.5. The number of hydrogen-bond donors (Lipinski definition) is 0. The van der Waals surface area contributed by atoms with Crippen LogP contribution in [0.4, 0.5) is 0 Å². The van der Waals surface area contributed by atoms with Crippen molar-refractivity contribution in [3.8, 4) is 0 Å². The Bertz CT molecular complexity index is 703. The third-order valence-electron chi connectivity index (χ3n) is 3.92. The zero-order valence-corrected chi connectivity index (χ0v) is 12.6. The van der Waals surface area contributed by atoms with Gasteiger partial charge in [-0.3, -0.25) is 4.79 Å². The summed E-state index contributed by atoms with van der Waals surface area (Å²) in [5.74, 6) is 0.283. The molecule has 0 bridgehead atoms. The second kappa shape index (κ2) is 6.40. The highest BCUT2D eigenvalue weighted by Gasteiger charge is 2.16. The average molecular weight is 286 g/mol. The summed E-state index contributed by atoms with van der Waals surface area (Å²) in [6, 6.07) is 28.9. The lowest BCUT2D eigenvalue weighted by molar-refractivity contribution is 0.101. The van der Waals surface area contributed by atoms with Gasteiger partial charge in [0.25, 0.3) is 0 Å². The first-order valence-corrected chi connectivity index (χ1v) is 7.46. The highest BCUT2D eigenvalue weighted by molar-refractivity contribution is 5.94. The summed E-state index contributed by atoms with van der Waals surface area (Å²) in [6.07, 6.45) is 0. The Labute approximate surface area is 131 Å². The summed E-state index contributed by atoms with van der Waals surface area (Å²) in [5.41, 5.74) is 4.46. The van der Waals surface area contributed by atoms with Gasteiger partial charge in [-0.05, 0) is 23.6 Å². The Morgan fingerprint density at radius 2 is 1.05 bits per heavy atom. The van der Waals surface area contributed by atoms with Gasteiger partial charge in [-0.2, -0.15) is 0 Å². The van der Waals surface area contributed by atoms with Crippen LogP contribution in [0.25, 0.3) is 0 Å². The van der Waals surface area contributed by atoms with E-state index in [1.807, 2.05) is 24.3 Å². The summed E-state index contributed by atoms with van der Waals surface area (Å²) in [4.78, 5) is 11.5. The topological polar surface area (TPSA) is 17.1 Å². The molecule has 0 fully saturated rings. The summed E-state index contributed by atoms with van der Waals surface area (Å²) >= 11 is 0. The number of rotatable bonds is 4. The van der Waals surface area contributed by atoms with Gasteiger partial charge < -0.3 is 0 Å². The average Bonchev–Trinajstić information content (AvgIpc) is 2.57. The highest BCUT2D eigenvalue weighted by atomic mass is 16.1. The van der Waals surface area contributed by atoms with Crippen LogP contribution in [0, 0.1) is 0 Å². The molecular formula is C21H18O. The van der Waals surface area contributed by atoms with Crippen molar-refractivity contribution in [2.75, 3.05) is 0 Å². The minimum atomic E-state index is 0.0996. The third-order valence-corrected chi connectivity index (χ3v) is 3.92. The third kappa shape index (κ3) is 2.99. The van der Waals surface area contributed by atoms with Gasteiger partial charge in [0.05, 0.1) is 0 Å². The number of carbonyl (C=O) groups is 1. The van der Waals surface area contributed by atoms with E-state index >= 15 is 0 Å². The van der Waals surface area contributed by atoms with E-state index in [0.29, 0.717) is 0 Å². The molecule has 0 saturated heterocycles. The molecular weight excluding hydrogens is 268 g/mol. The van der Waals surface area contributed by atoms with Crippen LogP contribution in [0.15, 0.2) is 84.9 Å². The molecule has 0 atom stereocenters. The van der Waals surface area contributed by atoms with Crippen molar-refractivity contribution in [1.29, 1.82) is 0 Å². The van der Waals surface area contributed by atoms with E-state index in [1.165, 1.54) is 16.7 Å². The van der Waals surface area contributed by atoms with E-state index in [-0.39, 0.29) is 11.7 Å². The number of hydrogen-bond acceptors (Lipinski definition) is 1. The maximum Gasteiger partial charge on any atom is 0.159 e. The molecule has 3 aromatic carbocycles. The molecule has 1 heteroatoms. The molecule has 0 aliphatic carbocycles. The van der Waals surface area contributed by atoms with E-state index < -0.39 is 0 Å². The van der Waals surface area contributed by atoms with Crippen LogP contribution in [0.2, 0.25) is 0 Å². The molecule has 1 nitrogen and oxygen atoms in total. The Kier molecular flexibility index (Phi) is 4.15. The molecule has 0 spiro atoms. The van der Waals surface area contributed by atoms with Gasteiger partial charge >= 0.3 is 0 Å². The molecule has 0 aromatic heterocycles. The predicted octanol–water partition coefficient (Wildman–Crippen LogP) is 5.07. The van der Waals surface area contributed by atoms with Crippen molar-refractivity contribution < 1.29 is 4.79 Å². The monoisotopic (exact) mass is 286 g/mol. The quantitative estimate of drug-likeness (QED) is 0.483. The largest absolute Gasteiger partial charge is 0.295 e. The smallest absolute Gasteiger partial charge is 0.159 e. The van der Waals surface area contributed by atoms with Crippen LogP contribution < -0.4 is 0 Å². The van der Waals surface area contributed by atoms with Gasteiger partial charge in [-0.25, -0.2) is 0 Å². The minimum absolute atomic E-state index is 0.0996. The van der Waals surface area contributed by atoms with Crippen molar-refractivity contribution in [3.63, 3.8) is 0 Å². The molecule has 0 aliphatic rings. The molecule has 0 radical (unpaired) electrons. The Hall–Kier alpha value is -2.67. The molecule has 0 aliphatic heterocycles. The first-order chi connectivity index (χ1) is 10.8. The zero-order chi connectivity index (χ0) is 15.4. The molecule has 0 unspecified atom stereocenters. The molecule has 0 saturated carbocycles. The fourth-order valence-electron chi connectivity index (χ4n) is 2.78. The summed E-state index contributed by atoms with van der Waals surface area (Å²) in [7, 11) is 0. The van der Waals surface area contributed by atoms with Crippen molar-refractivity contribution in [1.82, 2.24) is 0 Å². The Morgan fingerprint density at radius 1 is 0.636 bits per heavy atom. The van der Waals surface area contributed by atoms with Gasteiger partial charge in [0.15, 0.2) is 5.78 Å². The molecule has 3 rings (SSSR count). The second-order valence-corrected chi connectivity index (χ2v) is 5.43. The first kappa shape index (κ1) is 14.3. The van der Waals surface area contributed by atoms with E-state index in [4.69, 9.17) is 0 Å². The summed E-state index contributed by atoms with van der Waals surface area (Å²) in [6.45, 7) is 1.60. The van der Waals surface area contributed by atoms with E-state index in [1.54, 1.807) is 6.92 Å². The summed E-state index contributed by atoms with van der Waals surface area (Å²) in [5, 5.41) is 0. The van der Waals surface area contributed by atoms with Crippen LogP contribution in [0.5, 0.6) is 0 Å². The van der Waals surface area contributed by atoms with E-state index in [9.17, 15) is 4.79 Å². The lowest BCUT2D eigenvalue weighted by atomic mass is 9.85. The normalized spacial score (nSPS) is 10.6. The maximum absolute atomic E-state index is 11.5. The van der Waals surface area contributed by atoms with Gasteiger partial charge in [0.1, 0.15) is 0 Å². The number of Topliss-reactive ketones (excluding diaryl/α,β-unsaturated/α-hetero) is 1. The number of ketones is 1. The molecule has 0 heterocycles. The Morgan fingerprint density at radius 3 is 1.45 bits per heavy atom. The minimum Gasteiger partial charge on any atom is -0.295 e. The number of benzene rings is 3. The van der Waals surface area contributed by atoms with E-state index in [0.717, 1.165) is 5.56 Å². The highest BCUT2D eigenvalue weighted by Crippen LogP contribution is 2.31. The lowest BCUT2D eigenvalue weighted by Gasteiger charge is -2.19. The standard InChI is InChI=1S/C21H18O/c1-16(22)17-12-14-20(15-13-17)21(18-8-4-2-5-9-18)19-10-6-3-7-11-19/h2-15,21H,1H3. The molecule has 0 amide bonds. The van der Waals surface area contributed by atoms with Gasteiger partial charge in [0.2, 0.25) is 0 Å². The van der Waals surface area contributed by atoms with Gasteiger partial charge in [-0.15, -0.1) is 0 Å². The fourth-order valence-corrected chi connectivity index (χ4v) is 2.78. The molecule has 0 N–H and O–H groups in total. The van der Waals surface area contributed by atoms with Crippen molar-refractivity contribution in [2.45, 2.75) is 12.8 Å². The van der Waals surface area contributed by atoms with Crippen LogP contribution in [-0.2, 0) is 0 Å². The Balaban J connectivity index is 2.08. The van der Waals surface area contributed by atoms with E-state index in [2.05, 4.69) is 60.7 Å². The summed E-state index contributed by atoms with van der Waals surface area (Å²) < 4.78 is 0. The van der Waals surface area contributed by atoms with Crippen molar-refractivity contribution in [2.24, 2.45) is 0 Å². The van der Waals surface area contributed by atoms with Crippen LogP contribution in [0.1, 0.15) is 39.9 Å². The van der Waals surface area contributed by atoms with Gasteiger partial charge in [0, 0.05) is 11.5 Å². The SMILES string of the molecule is CC(=O)c1ccc(C(c2ccccc2)c2ccccc2)cc1. The van der Waals surface area contributed by atoms with Crippen molar-refractivity contribution >= 4 is 5.78 Å². The predicted molar refractivity (Wildman–Crippen MR) is 90.3 cm³/mol. The number of carbonyl (C=O) groups excluding carboxylic acids is 1. The molecule has 22 heavy (non-hydrogen) atoms. The molecule has 3 aromatic rings. The van der Waals surface area contributed by atoms with Crippen molar-refractivity contribution in [3.05, 3.63) is 107 Å².